The van der Waals surface area contributed by atoms with Crippen LogP contribution in [-0.4, -0.2) is 23.3 Å². The zero-order valence-corrected chi connectivity index (χ0v) is 8.15. The van der Waals surface area contributed by atoms with Gasteiger partial charge in [0.1, 0.15) is 5.75 Å². The molecule has 0 heterocycles. The van der Waals surface area contributed by atoms with E-state index in [0.29, 0.717) is 0 Å². The summed E-state index contributed by atoms with van der Waals surface area (Å²) in [5.74, 6) is -1.11. The number of aliphatic hydroxyl groups excluding tert-OH is 1. The predicted octanol–water partition coefficient (Wildman–Crippen LogP) is 1.47. The van der Waals surface area contributed by atoms with E-state index < -0.39 is 12.1 Å². The SMILES string of the molecule is COc1cccc(Cl)c1C(O)C(=O)O. The largest absolute Gasteiger partial charge is 0.496 e. The molecule has 1 aromatic rings. The van der Waals surface area contributed by atoms with E-state index in [1.807, 2.05) is 0 Å². The van der Waals surface area contributed by atoms with Crippen molar-refractivity contribution in [2.45, 2.75) is 6.10 Å². The summed E-state index contributed by atoms with van der Waals surface area (Å²) >= 11 is 5.74. The molecule has 0 bridgehead atoms. The number of hydrogen-bond acceptors (Lipinski definition) is 3. The maximum atomic E-state index is 10.6. The molecule has 1 unspecified atom stereocenters. The van der Waals surface area contributed by atoms with Crippen LogP contribution in [0.2, 0.25) is 5.02 Å². The second-order valence-corrected chi connectivity index (χ2v) is 3.00. The summed E-state index contributed by atoms with van der Waals surface area (Å²) in [5.41, 5.74) is 0.0733. The maximum Gasteiger partial charge on any atom is 0.337 e. The zero-order valence-electron chi connectivity index (χ0n) is 7.40. The molecule has 0 radical (unpaired) electrons. The molecule has 0 aromatic heterocycles. The molecule has 14 heavy (non-hydrogen) atoms. The lowest BCUT2D eigenvalue weighted by Gasteiger charge is -2.12. The highest BCUT2D eigenvalue weighted by Gasteiger charge is 2.22. The Morgan fingerprint density at radius 1 is 1.57 bits per heavy atom. The second-order valence-electron chi connectivity index (χ2n) is 2.60. The number of ether oxygens (including phenoxy) is 1. The number of halogens is 1. The van der Waals surface area contributed by atoms with Gasteiger partial charge in [-0.15, -0.1) is 0 Å². The van der Waals surface area contributed by atoms with Crippen LogP contribution in [0, 0.1) is 0 Å². The lowest BCUT2D eigenvalue weighted by atomic mass is 10.1. The third-order valence-corrected chi connectivity index (χ3v) is 2.07. The summed E-state index contributed by atoms with van der Waals surface area (Å²) in [6.45, 7) is 0. The van der Waals surface area contributed by atoms with Crippen LogP contribution in [0.25, 0.3) is 0 Å². The number of aliphatic carboxylic acids is 1. The first-order chi connectivity index (χ1) is 6.57. The molecule has 0 amide bonds. The summed E-state index contributed by atoms with van der Waals surface area (Å²) in [7, 11) is 1.38. The molecule has 4 nitrogen and oxygen atoms in total. The molecule has 5 heteroatoms. The number of aliphatic hydroxyl groups is 1. The van der Waals surface area contributed by atoms with E-state index in [-0.39, 0.29) is 16.3 Å². The molecule has 1 atom stereocenters. The highest BCUT2D eigenvalue weighted by atomic mass is 35.5. The smallest absolute Gasteiger partial charge is 0.337 e. The van der Waals surface area contributed by atoms with Crippen molar-refractivity contribution in [2.24, 2.45) is 0 Å². The van der Waals surface area contributed by atoms with Crippen molar-refractivity contribution in [3.8, 4) is 5.75 Å². The summed E-state index contributed by atoms with van der Waals surface area (Å²) < 4.78 is 4.89. The molecule has 0 aliphatic rings. The van der Waals surface area contributed by atoms with Gasteiger partial charge in [-0.25, -0.2) is 4.79 Å². The van der Waals surface area contributed by atoms with Crippen molar-refractivity contribution >= 4 is 17.6 Å². The van der Waals surface area contributed by atoms with E-state index in [0.717, 1.165) is 0 Å². The fourth-order valence-corrected chi connectivity index (χ4v) is 1.35. The normalized spacial score (nSPS) is 12.2. The lowest BCUT2D eigenvalue weighted by Crippen LogP contribution is -2.12. The maximum absolute atomic E-state index is 10.6. The minimum absolute atomic E-state index is 0.0733. The van der Waals surface area contributed by atoms with Gasteiger partial charge in [-0.1, -0.05) is 17.7 Å². The minimum atomic E-state index is -1.67. The van der Waals surface area contributed by atoms with Crippen molar-refractivity contribution in [2.75, 3.05) is 7.11 Å². The minimum Gasteiger partial charge on any atom is -0.496 e. The van der Waals surface area contributed by atoms with Crippen LogP contribution in [-0.2, 0) is 4.79 Å². The highest BCUT2D eigenvalue weighted by molar-refractivity contribution is 6.31. The van der Waals surface area contributed by atoms with Crippen LogP contribution in [0.15, 0.2) is 18.2 Å². The average Bonchev–Trinajstić information content (AvgIpc) is 2.16. The van der Waals surface area contributed by atoms with Crippen molar-refractivity contribution in [1.82, 2.24) is 0 Å². The molecule has 0 spiro atoms. The Kier molecular flexibility index (Phi) is 3.33. The molecule has 1 aromatic carbocycles. The molecule has 0 fully saturated rings. The van der Waals surface area contributed by atoms with Crippen molar-refractivity contribution < 1.29 is 19.7 Å². The van der Waals surface area contributed by atoms with Crippen LogP contribution in [0.1, 0.15) is 11.7 Å². The van der Waals surface area contributed by atoms with Gasteiger partial charge in [0.25, 0.3) is 0 Å². The van der Waals surface area contributed by atoms with Gasteiger partial charge in [0.05, 0.1) is 17.7 Å². The molecule has 0 aliphatic carbocycles. The Morgan fingerprint density at radius 2 is 2.21 bits per heavy atom. The van der Waals surface area contributed by atoms with Gasteiger partial charge in [-0.05, 0) is 12.1 Å². The number of carboxylic acid groups (broad SMARTS) is 1. The molecular weight excluding hydrogens is 208 g/mol. The number of rotatable bonds is 3. The standard InChI is InChI=1S/C9H9ClO4/c1-14-6-4-2-3-5(10)7(6)8(11)9(12)13/h2-4,8,11H,1H3,(H,12,13). The Hall–Kier alpha value is -1.26. The zero-order chi connectivity index (χ0) is 10.7. The summed E-state index contributed by atoms with van der Waals surface area (Å²) in [4.78, 5) is 10.6. The Labute approximate surface area is 85.7 Å². The van der Waals surface area contributed by atoms with Crippen LogP contribution in [0.5, 0.6) is 5.75 Å². The summed E-state index contributed by atoms with van der Waals surface area (Å²) in [6, 6.07) is 4.64. The van der Waals surface area contributed by atoms with Crippen LogP contribution in [0.4, 0.5) is 0 Å². The first-order valence-electron chi connectivity index (χ1n) is 3.81. The second kappa shape index (κ2) is 4.30. The summed E-state index contributed by atoms with van der Waals surface area (Å²) in [5, 5.41) is 18.1. The first kappa shape index (κ1) is 10.8. The lowest BCUT2D eigenvalue weighted by molar-refractivity contribution is -0.147. The van der Waals surface area contributed by atoms with Crippen molar-refractivity contribution in [1.29, 1.82) is 0 Å². The van der Waals surface area contributed by atoms with Crippen LogP contribution < -0.4 is 4.74 Å². The average molecular weight is 217 g/mol. The Bertz CT molecular complexity index is 351. The number of methoxy groups -OCH3 is 1. The molecule has 0 aliphatic heterocycles. The van der Waals surface area contributed by atoms with Gasteiger partial charge in [0.15, 0.2) is 6.10 Å². The quantitative estimate of drug-likeness (QED) is 0.803. The van der Waals surface area contributed by atoms with Gasteiger partial charge >= 0.3 is 5.97 Å². The number of carboxylic acids is 1. The van der Waals surface area contributed by atoms with Gasteiger partial charge in [-0.3, -0.25) is 0 Å². The monoisotopic (exact) mass is 216 g/mol. The molecule has 76 valence electrons. The molecule has 0 saturated carbocycles. The van der Waals surface area contributed by atoms with Crippen LogP contribution >= 0.6 is 11.6 Å². The van der Waals surface area contributed by atoms with Gasteiger partial charge < -0.3 is 14.9 Å². The van der Waals surface area contributed by atoms with Crippen LogP contribution in [0.3, 0.4) is 0 Å². The van der Waals surface area contributed by atoms with Gasteiger partial charge in [-0.2, -0.15) is 0 Å². The van der Waals surface area contributed by atoms with E-state index in [2.05, 4.69) is 0 Å². The van der Waals surface area contributed by atoms with Gasteiger partial charge in [0.2, 0.25) is 0 Å². The highest BCUT2D eigenvalue weighted by Crippen LogP contribution is 2.31. The molecular formula is C9H9ClO4. The molecule has 0 saturated heterocycles. The van der Waals surface area contributed by atoms with E-state index in [9.17, 15) is 9.90 Å². The molecule has 2 N–H and O–H groups in total. The third-order valence-electron chi connectivity index (χ3n) is 1.74. The fraction of sp³-hybridized carbons (Fsp3) is 0.222. The van der Waals surface area contributed by atoms with E-state index in [1.165, 1.54) is 19.2 Å². The van der Waals surface area contributed by atoms with E-state index in [1.54, 1.807) is 6.07 Å². The predicted molar refractivity (Wildman–Crippen MR) is 50.6 cm³/mol. The fourth-order valence-electron chi connectivity index (χ4n) is 1.08. The Morgan fingerprint density at radius 3 is 2.71 bits per heavy atom. The van der Waals surface area contributed by atoms with E-state index >= 15 is 0 Å². The number of carbonyl (C=O) groups is 1. The first-order valence-corrected chi connectivity index (χ1v) is 4.19. The summed E-state index contributed by atoms with van der Waals surface area (Å²) in [6.07, 6.45) is -1.67. The Balaban J connectivity index is 3.23. The number of benzene rings is 1. The number of hydrogen-bond donors (Lipinski definition) is 2. The van der Waals surface area contributed by atoms with Crippen molar-refractivity contribution in [3.05, 3.63) is 28.8 Å². The molecule has 1 rings (SSSR count). The van der Waals surface area contributed by atoms with Gasteiger partial charge in [0, 0.05) is 0 Å². The van der Waals surface area contributed by atoms with E-state index in [4.69, 9.17) is 21.4 Å². The van der Waals surface area contributed by atoms with Crippen molar-refractivity contribution in [3.63, 3.8) is 0 Å². The third kappa shape index (κ3) is 1.97. The topological polar surface area (TPSA) is 66.8 Å².